The van der Waals surface area contributed by atoms with Gasteiger partial charge in [-0.3, -0.25) is 0 Å². The van der Waals surface area contributed by atoms with Crippen LogP contribution in [0.2, 0.25) is 0 Å². The van der Waals surface area contributed by atoms with Gasteiger partial charge in [0.25, 0.3) is 0 Å². The Labute approximate surface area is 118 Å². The van der Waals surface area contributed by atoms with Crippen LogP contribution in [-0.4, -0.2) is 36.9 Å². The number of benzene rings is 1. The molecule has 3 N–H and O–H groups in total. The Morgan fingerprint density at radius 2 is 1.75 bits per heavy atom. The lowest BCUT2D eigenvalue weighted by molar-refractivity contribution is 0.0697. The summed E-state index contributed by atoms with van der Waals surface area (Å²) in [6.07, 6.45) is 3.73. The fourth-order valence-corrected chi connectivity index (χ4v) is 3.95. The highest BCUT2D eigenvalue weighted by Gasteiger charge is 2.27. The number of aromatic carboxylic acids is 1. The Morgan fingerprint density at radius 3 is 2.25 bits per heavy atom. The molecular weight excluding hydrogens is 280 g/mol. The molecule has 1 aliphatic rings. The third-order valence-corrected chi connectivity index (χ3v) is 5.41. The van der Waals surface area contributed by atoms with Crippen molar-refractivity contribution in [3.8, 4) is 0 Å². The quantitative estimate of drug-likeness (QED) is 0.824. The van der Waals surface area contributed by atoms with Gasteiger partial charge in [-0.1, -0.05) is 12.8 Å². The summed E-state index contributed by atoms with van der Waals surface area (Å²) in [5, 5.41) is 8.87. The van der Waals surface area contributed by atoms with E-state index >= 15 is 0 Å². The molecule has 20 heavy (non-hydrogen) atoms. The Balaban J connectivity index is 2.36. The van der Waals surface area contributed by atoms with Crippen molar-refractivity contribution in [3.63, 3.8) is 0 Å². The first-order chi connectivity index (χ1) is 9.43. The van der Waals surface area contributed by atoms with Crippen LogP contribution in [0, 0.1) is 0 Å². The van der Waals surface area contributed by atoms with E-state index in [9.17, 15) is 13.2 Å². The number of anilines is 1. The number of carbonyl (C=O) groups is 1. The van der Waals surface area contributed by atoms with Gasteiger partial charge in [0.2, 0.25) is 10.0 Å². The van der Waals surface area contributed by atoms with Crippen LogP contribution in [0.15, 0.2) is 23.1 Å². The number of nitrogens with zero attached hydrogens (tertiary/aromatic N) is 1. The highest BCUT2D eigenvalue weighted by Crippen LogP contribution is 2.25. The molecule has 6 nitrogen and oxygen atoms in total. The first-order valence-electron chi connectivity index (χ1n) is 6.56. The predicted octanol–water partition coefficient (Wildman–Crippen LogP) is 1.53. The maximum absolute atomic E-state index is 12.5. The first kappa shape index (κ1) is 14.8. The van der Waals surface area contributed by atoms with Gasteiger partial charge in [-0.05, 0) is 31.0 Å². The van der Waals surface area contributed by atoms with Crippen LogP contribution < -0.4 is 5.73 Å². The third kappa shape index (κ3) is 2.94. The minimum absolute atomic E-state index is 0.00981. The Bertz CT molecular complexity index is 605. The summed E-state index contributed by atoms with van der Waals surface area (Å²) < 4.78 is 26.5. The summed E-state index contributed by atoms with van der Waals surface area (Å²) in [7, 11) is -3.64. The number of hydrogen-bond acceptors (Lipinski definition) is 4. The minimum Gasteiger partial charge on any atom is -0.478 e. The van der Waals surface area contributed by atoms with Crippen molar-refractivity contribution in [2.45, 2.75) is 30.6 Å². The monoisotopic (exact) mass is 298 g/mol. The first-order valence-corrected chi connectivity index (χ1v) is 8.00. The van der Waals surface area contributed by atoms with Crippen LogP contribution in [0.25, 0.3) is 0 Å². The van der Waals surface area contributed by atoms with Gasteiger partial charge < -0.3 is 10.8 Å². The highest BCUT2D eigenvalue weighted by atomic mass is 32.2. The van der Waals surface area contributed by atoms with Gasteiger partial charge in [0.15, 0.2) is 0 Å². The lowest BCUT2D eigenvalue weighted by Gasteiger charge is -2.20. The molecule has 1 aliphatic heterocycles. The minimum atomic E-state index is -3.64. The number of sulfonamides is 1. The summed E-state index contributed by atoms with van der Waals surface area (Å²) >= 11 is 0. The molecule has 0 aromatic heterocycles. The SMILES string of the molecule is Nc1cc(C(=O)O)ccc1S(=O)(=O)N1CCCCCC1. The van der Waals surface area contributed by atoms with E-state index in [1.807, 2.05) is 0 Å². The van der Waals surface area contributed by atoms with E-state index < -0.39 is 16.0 Å². The molecule has 0 spiro atoms. The van der Waals surface area contributed by atoms with Crippen LogP contribution in [-0.2, 0) is 10.0 Å². The summed E-state index contributed by atoms with van der Waals surface area (Å²) in [6, 6.07) is 3.73. The maximum Gasteiger partial charge on any atom is 0.335 e. The molecular formula is C13H18N2O4S. The second-order valence-corrected chi connectivity index (χ2v) is 6.78. The van der Waals surface area contributed by atoms with Crippen molar-refractivity contribution in [1.82, 2.24) is 4.31 Å². The average Bonchev–Trinajstić information content (AvgIpc) is 2.67. The second-order valence-electron chi connectivity index (χ2n) is 4.88. The van der Waals surface area contributed by atoms with E-state index in [1.165, 1.54) is 22.5 Å². The fourth-order valence-electron chi connectivity index (χ4n) is 2.34. The number of rotatable bonds is 3. The molecule has 7 heteroatoms. The van der Waals surface area contributed by atoms with Crippen LogP contribution in [0.1, 0.15) is 36.0 Å². The van der Waals surface area contributed by atoms with E-state index in [1.54, 1.807) is 0 Å². The molecule has 0 aliphatic carbocycles. The van der Waals surface area contributed by atoms with Gasteiger partial charge >= 0.3 is 5.97 Å². The molecule has 0 amide bonds. The normalized spacial score (nSPS) is 17.6. The van der Waals surface area contributed by atoms with Gasteiger partial charge in [0.05, 0.1) is 11.3 Å². The second kappa shape index (κ2) is 5.80. The predicted molar refractivity (Wildman–Crippen MR) is 75.0 cm³/mol. The Kier molecular flexibility index (Phi) is 4.29. The van der Waals surface area contributed by atoms with Crippen LogP contribution in [0.4, 0.5) is 5.69 Å². The molecule has 1 saturated heterocycles. The van der Waals surface area contributed by atoms with Gasteiger partial charge in [0.1, 0.15) is 4.90 Å². The summed E-state index contributed by atoms with van der Waals surface area (Å²) in [5.41, 5.74) is 5.69. The van der Waals surface area contributed by atoms with Crippen molar-refractivity contribution >= 4 is 21.7 Å². The van der Waals surface area contributed by atoms with Crippen molar-refractivity contribution in [2.24, 2.45) is 0 Å². The van der Waals surface area contributed by atoms with Crippen LogP contribution in [0.3, 0.4) is 0 Å². The van der Waals surface area contributed by atoms with Gasteiger partial charge in [-0.15, -0.1) is 0 Å². The maximum atomic E-state index is 12.5. The highest BCUT2D eigenvalue weighted by molar-refractivity contribution is 7.89. The number of nitrogens with two attached hydrogens (primary N) is 1. The number of hydrogen-bond donors (Lipinski definition) is 2. The summed E-state index contributed by atoms with van der Waals surface area (Å²) in [5.74, 6) is -1.13. The number of nitrogen functional groups attached to an aromatic ring is 1. The molecule has 0 bridgehead atoms. The van der Waals surface area contributed by atoms with Crippen molar-refractivity contribution < 1.29 is 18.3 Å². The van der Waals surface area contributed by atoms with E-state index in [0.29, 0.717) is 13.1 Å². The smallest absolute Gasteiger partial charge is 0.335 e. The molecule has 0 radical (unpaired) electrons. The topological polar surface area (TPSA) is 101 Å². The Hall–Kier alpha value is -1.60. The molecule has 1 fully saturated rings. The van der Waals surface area contributed by atoms with Crippen LogP contribution >= 0.6 is 0 Å². The van der Waals surface area contributed by atoms with Gasteiger partial charge in [-0.25, -0.2) is 13.2 Å². The van der Waals surface area contributed by atoms with Crippen LogP contribution in [0.5, 0.6) is 0 Å². The summed E-state index contributed by atoms with van der Waals surface area (Å²) in [4.78, 5) is 10.8. The van der Waals surface area contributed by atoms with Gasteiger partial charge in [-0.2, -0.15) is 4.31 Å². The lowest BCUT2D eigenvalue weighted by atomic mass is 10.2. The summed E-state index contributed by atoms with van der Waals surface area (Å²) in [6.45, 7) is 0.977. The zero-order chi connectivity index (χ0) is 14.8. The molecule has 0 atom stereocenters. The molecule has 110 valence electrons. The fraction of sp³-hybridized carbons (Fsp3) is 0.462. The zero-order valence-electron chi connectivity index (χ0n) is 11.1. The van der Waals surface area contributed by atoms with Crippen molar-refractivity contribution in [3.05, 3.63) is 23.8 Å². The van der Waals surface area contributed by atoms with E-state index in [0.717, 1.165) is 25.7 Å². The van der Waals surface area contributed by atoms with Gasteiger partial charge in [0, 0.05) is 13.1 Å². The van der Waals surface area contributed by atoms with Crippen molar-refractivity contribution in [1.29, 1.82) is 0 Å². The molecule has 0 saturated carbocycles. The third-order valence-electron chi connectivity index (χ3n) is 3.44. The molecule has 1 aromatic rings. The van der Waals surface area contributed by atoms with E-state index in [4.69, 9.17) is 10.8 Å². The van der Waals surface area contributed by atoms with Crippen molar-refractivity contribution in [2.75, 3.05) is 18.8 Å². The zero-order valence-corrected chi connectivity index (χ0v) is 11.9. The van der Waals surface area contributed by atoms with E-state index in [2.05, 4.69) is 0 Å². The molecule has 2 rings (SSSR count). The average molecular weight is 298 g/mol. The standard InChI is InChI=1S/C13H18N2O4S/c14-11-9-10(13(16)17)5-6-12(11)20(18,19)15-7-3-1-2-4-8-15/h5-6,9H,1-4,7-8,14H2,(H,16,17). The molecule has 0 unspecified atom stereocenters. The molecule has 1 heterocycles. The Morgan fingerprint density at radius 1 is 1.15 bits per heavy atom. The largest absolute Gasteiger partial charge is 0.478 e. The molecule has 1 aromatic carbocycles. The lowest BCUT2D eigenvalue weighted by Crippen LogP contribution is -2.32. The number of carboxylic acid groups (broad SMARTS) is 1. The van der Waals surface area contributed by atoms with E-state index in [-0.39, 0.29) is 16.1 Å². The number of carboxylic acids is 1.